The molecule has 0 radical (unpaired) electrons. The van der Waals surface area contributed by atoms with Gasteiger partial charge in [0.05, 0.1) is 5.69 Å². The molecule has 0 amide bonds. The fraction of sp³-hybridized carbons (Fsp3) is 0.333. The van der Waals surface area contributed by atoms with Crippen LogP contribution in [0.4, 0.5) is 0 Å². The summed E-state index contributed by atoms with van der Waals surface area (Å²) in [5, 5.41) is 13.5. The van der Waals surface area contributed by atoms with Gasteiger partial charge in [0.1, 0.15) is 5.69 Å². The molecule has 0 bridgehead atoms. The minimum Gasteiger partial charge on any atom is -0.477 e. The van der Waals surface area contributed by atoms with E-state index in [0.717, 1.165) is 11.3 Å². The van der Waals surface area contributed by atoms with Crippen LogP contribution in [-0.4, -0.2) is 20.9 Å². The Balaban J connectivity index is 2.46. The number of aromatic carboxylic acids is 1. The zero-order chi connectivity index (χ0) is 14.0. The minimum atomic E-state index is -0.947. The summed E-state index contributed by atoms with van der Waals surface area (Å²) in [4.78, 5) is 11.1. The molecule has 2 rings (SSSR count). The smallest absolute Gasteiger partial charge is 0.354 e. The largest absolute Gasteiger partial charge is 0.477 e. The van der Waals surface area contributed by atoms with Crippen LogP contribution in [0.3, 0.4) is 0 Å². The SMILES string of the molecule is CC(C)C(c1ccccc1)c1cc(C(=O)O)n(C)n1. The molecule has 1 heterocycles. The summed E-state index contributed by atoms with van der Waals surface area (Å²) in [6.07, 6.45) is 0. The van der Waals surface area contributed by atoms with Crippen LogP contribution in [0.25, 0.3) is 0 Å². The summed E-state index contributed by atoms with van der Waals surface area (Å²) < 4.78 is 1.43. The number of aryl methyl sites for hydroxylation is 1. The van der Waals surface area contributed by atoms with E-state index >= 15 is 0 Å². The fourth-order valence-corrected chi connectivity index (χ4v) is 2.40. The van der Waals surface area contributed by atoms with Crippen molar-refractivity contribution in [2.24, 2.45) is 13.0 Å². The Hall–Kier alpha value is -2.10. The van der Waals surface area contributed by atoms with Crippen molar-refractivity contribution >= 4 is 5.97 Å². The molecule has 4 nitrogen and oxygen atoms in total. The zero-order valence-corrected chi connectivity index (χ0v) is 11.4. The molecule has 100 valence electrons. The summed E-state index contributed by atoms with van der Waals surface area (Å²) in [7, 11) is 1.66. The summed E-state index contributed by atoms with van der Waals surface area (Å²) in [5.74, 6) is -0.490. The van der Waals surface area contributed by atoms with Gasteiger partial charge in [-0.15, -0.1) is 0 Å². The molecule has 1 N–H and O–H groups in total. The minimum absolute atomic E-state index is 0.112. The highest BCUT2D eigenvalue weighted by molar-refractivity contribution is 5.85. The number of rotatable bonds is 4. The van der Waals surface area contributed by atoms with Crippen molar-refractivity contribution in [3.05, 3.63) is 53.3 Å². The second kappa shape index (κ2) is 5.26. The molecule has 0 fully saturated rings. The summed E-state index contributed by atoms with van der Waals surface area (Å²) in [6.45, 7) is 4.24. The monoisotopic (exact) mass is 258 g/mol. The summed E-state index contributed by atoms with van der Waals surface area (Å²) in [6, 6.07) is 11.7. The second-order valence-corrected chi connectivity index (χ2v) is 5.02. The van der Waals surface area contributed by atoms with Crippen molar-refractivity contribution in [3.63, 3.8) is 0 Å². The van der Waals surface area contributed by atoms with Gasteiger partial charge >= 0.3 is 5.97 Å². The maximum Gasteiger partial charge on any atom is 0.354 e. The molecule has 0 saturated carbocycles. The van der Waals surface area contributed by atoms with E-state index in [9.17, 15) is 4.79 Å². The Morgan fingerprint density at radius 2 is 1.89 bits per heavy atom. The van der Waals surface area contributed by atoms with Gasteiger partial charge in [0.15, 0.2) is 0 Å². The van der Waals surface area contributed by atoms with Gasteiger partial charge in [-0.25, -0.2) is 4.79 Å². The molecule has 1 unspecified atom stereocenters. The Bertz CT molecular complexity index is 573. The first-order valence-electron chi connectivity index (χ1n) is 6.33. The quantitative estimate of drug-likeness (QED) is 0.917. The van der Waals surface area contributed by atoms with E-state index in [1.165, 1.54) is 4.68 Å². The number of carboxylic acids is 1. The molecule has 4 heteroatoms. The van der Waals surface area contributed by atoms with E-state index < -0.39 is 5.97 Å². The van der Waals surface area contributed by atoms with Crippen LogP contribution < -0.4 is 0 Å². The molecule has 0 aliphatic rings. The molecule has 2 aromatic rings. The third-order valence-corrected chi connectivity index (χ3v) is 3.26. The van der Waals surface area contributed by atoms with Crippen molar-refractivity contribution in [3.8, 4) is 0 Å². The van der Waals surface area contributed by atoms with E-state index in [-0.39, 0.29) is 11.6 Å². The molecule has 0 saturated heterocycles. The normalized spacial score (nSPS) is 12.6. The summed E-state index contributed by atoms with van der Waals surface area (Å²) in [5.41, 5.74) is 2.19. The number of benzene rings is 1. The average Bonchev–Trinajstić information content (AvgIpc) is 2.72. The van der Waals surface area contributed by atoms with E-state index in [1.807, 2.05) is 18.2 Å². The van der Waals surface area contributed by atoms with Gasteiger partial charge in [-0.2, -0.15) is 5.10 Å². The van der Waals surface area contributed by atoms with Gasteiger partial charge in [-0.3, -0.25) is 4.68 Å². The Labute approximate surface area is 112 Å². The molecular weight excluding hydrogens is 240 g/mol. The lowest BCUT2D eigenvalue weighted by Gasteiger charge is -2.19. The van der Waals surface area contributed by atoms with Crippen LogP contribution in [0.5, 0.6) is 0 Å². The predicted molar refractivity (Wildman–Crippen MR) is 73.3 cm³/mol. The highest BCUT2D eigenvalue weighted by atomic mass is 16.4. The lowest BCUT2D eigenvalue weighted by Crippen LogP contribution is -2.09. The first kappa shape index (κ1) is 13.3. The lowest BCUT2D eigenvalue weighted by molar-refractivity contribution is 0.0685. The van der Waals surface area contributed by atoms with Crippen molar-refractivity contribution in [1.29, 1.82) is 0 Å². The maximum absolute atomic E-state index is 11.1. The molecule has 0 spiro atoms. The first-order valence-corrected chi connectivity index (χ1v) is 6.33. The van der Waals surface area contributed by atoms with Crippen molar-refractivity contribution in [1.82, 2.24) is 9.78 Å². The molecular formula is C15H18N2O2. The zero-order valence-electron chi connectivity index (χ0n) is 11.4. The first-order chi connectivity index (χ1) is 9.00. The molecule has 19 heavy (non-hydrogen) atoms. The van der Waals surface area contributed by atoms with E-state index in [1.54, 1.807) is 13.1 Å². The van der Waals surface area contributed by atoms with Crippen LogP contribution in [0, 0.1) is 5.92 Å². The third-order valence-electron chi connectivity index (χ3n) is 3.26. The number of aromatic nitrogens is 2. The van der Waals surface area contributed by atoms with Crippen molar-refractivity contribution < 1.29 is 9.90 Å². The fourth-order valence-electron chi connectivity index (χ4n) is 2.40. The summed E-state index contributed by atoms with van der Waals surface area (Å²) >= 11 is 0. The second-order valence-electron chi connectivity index (χ2n) is 5.02. The van der Waals surface area contributed by atoms with Gasteiger partial charge in [0.2, 0.25) is 0 Å². The number of hydrogen-bond donors (Lipinski definition) is 1. The van der Waals surface area contributed by atoms with Crippen molar-refractivity contribution in [2.45, 2.75) is 19.8 Å². The number of carbonyl (C=O) groups is 1. The molecule has 1 atom stereocenters. The maximum atomic E-state index is 11.1. The van der Waals surface area contributed by atoms with Crippen LogP contribution >= 0.6 is 0 Å². The molecule has 0 aliphatic carbocycles. The highest BCUT2D eigenvalue weighted by Gasteiger charge is 2.23. The number of hydrogen-bond acceptors (Lipinski definition) is 2. The predicted octanol–water partition coefficient (Wildman–Crippen LogP) is 2.91. The van der Waals surface area contributed by atoms with Crippen LogP contribution in [0.2, 0.25) is 0 Å². The third kappa shape index (κ3) is 2.67. The molecule has 0 aliphatic heterocycles. The van der Waals surface area contributed by atoms with E-state index in [2.05, 4.69) is 31.1 Å². The number of carboxylic acid groups (broad SMARTS) is 1. The van der Waals surface area contributed by atoms with Gasteiger partial charge in [0.25, 0.3) is 0 Å². The topological polar surface area (TPSA) is 55.1 Å². The lowest BCUT2D eigenvalue weighted by atomic mass is 9.86. The van der Waals surface area contributed by atoms with Gasteiger partial charge in [-0.05, 0) is 17.5 Å². The van der Waals surface area contributed by atoms with E-state index in [4.69, 9.17) is 5.11 Å². The number of nitrogens with zero attached hydrogens (tertiary/aromatic N) is 2. The van der Waals surface area contributed by atoms with Gasteiger partial charge in [-0.1, -0.05) is 44.2 Å². The molecule has 1 aromatic heterocycles. The van der Waals surface area contributed by atoms with Crippen LogP contribution in [-0.2, 0) is 7.05 Å². The van der Waals surface area contributed by atoms with Crippen LogP contribution in [0.1, 0.15) is 41.5 Å². The van der Waals surface area contributed by atoms with E-state index in [0.29, 0.717) is 5.92 Å². The Kier molecular flexibility index (Phi) is 3.69. The average molecular weight is 258 g/mol. The van der Waals surface area contributed by atoms with Gasteiger partial charge < -0.3 is 5.11 Å². The Morgan fingerprint density at radius 3 is 2.37 bits per heavy atom. The standard InChI is InChI=1S/C15H18N2O2/c1-10(2)14(11-7-5-4-6-8-11)12-9-13(15(18)19)17(3)16-12/h4-10,14H,1-3H3,(H,18,19). The highest BCUT2D eigenvalue weighted by Crippen LogP contribution is 2.31. The molecule has 1 aromatic carbocycles. The van der Waals surface area contributed by atoms with Crippen LogP contribution in [0.15, 0.2) is 36.4 Å². The van der Waals surface area contributed by atoms with Crippen molar-refractivity contribution in [2.75, 3.05) is 0 Å². The van der Waals surface area contributed by atoms with Gasteiger partial charge in [0, 0.05) is 13.0 Å². The Morgan fingerprint density at radius 1 is 1.26 bits per heavy atom.